The zero-order valence-corrected chi connectivity index (χ0v) is 10.7. The molecule has 8 heteroatoms. The van der Waals surface area contributed by atoms with E-state index in [1.807, 2.05) is 0 Å². The highest BCUT2D eigenvalue weighted by molar-refractivity contribution is 5.93. The van der Waals surface area contributed by atoms with Gasteiger partial charge in [0.1, 0.15) is 5.82 Å². The lowest BCUT2D eigenvalue weighted by molar-refractivity contribution is -0.212. The van der Waals surface area contributed by atoms with Gasteiger partial charge in [0.25, 0.3) is 5.91 Å². The van der Waals surface area contributed by atoms with Crippen molar-refractivity contribution in [3.8, 4) is 0 Å². The second-order valence-electron chi connectivity index (χ2n) is 4.28. The zero-order chi connectivity index (χ0) is 15.5. The van der Waals surface area contributed by atoms with Crippen LogP contribution in [0.2, 0.25) is 0 Å². The van der Waals surface area contributed by atoms with E-state index in [0.717, 1.165) is 6.20 Å². The number of amides is 1. The van der Waals surface area contributed by atoms with E-state index in [-0.39, 0.29) is 22.6 Å². The summed E-state index contributed by atoms with van der Waals surface area (Å²) in [5, 5.41) is 5.52. The van der Waals surface area contributed by atoms with E-state index in [1.54, 1.807) is 12.1 Å². The van der Waals surface area contributed by atoms with Gasteiger partial charge >= 0.3 is 6.30 Å². The highest BCUT2D eigenvalue weighted by Crippen LogP contribution is 2.21. The third-order valence-corrected chi connectivity index (χ3v) is 2.69. The molecule has 0 radical (unpaired) electrons. The molecule has 0 unspecified atom stereocenters. The number of alkyl halides is 3. The first-order chi connectivity index (χ1) is 9.86. The van der Waals surface area contributed by atoms with E-state index in [2.05, 4.69) is 10.4 Å². The maximum absolute atomic E-state index is 12.9. The third kappa shape index (κ3) is 4.04. The van der Waals surface area contributed by atoms with Gasteiger partial charge in [-0.2, -0.15) is 9.78 Å². The standard InChI is InChI=1S/C13H11F4N3O/c14-11-3-1-2-9(6-11)4-5-18-12(21)10-7-19-20(8-10)13(15,16)17/h1-3,6-8H,4-5H2,(H,18,21). The Morgan fingerprint density at radius 3 is 2.71 bits per heavy atom. The van der Waals surface area contributed by atoms with Crippen LogP contribution in [0, 0.1) is 5.82 Å². The number of halogens is 4. The average molecular weight is 301 g/mol. The summed E-state index contributed by atoms with van der Waals surface area (Å²) in [4.78, 5) is 11.6. The molecule has 1 aromatic heterocycles. The predicted molar refractivity (Wildman–Crippen MR) is 66.0 cm³/mol. The van der Waals surface area contributed by atoms with E-state index in [4.69, 9.17) is 0 Å². The molecular weight excluding hydrogens is 290 g/mol. The van der Waals surface area contributed by atoms with Gasteiger partial charge in [-0.05, 0) is 24.1 Å². The SMILES string of the molecule is O=C(NCCc1cccc(F)c1)c1cnn(C(F)(F)F)c1. The molecule has 0 aliphatic rings. The van der Waals surface area contributed by atoms with Gasteiger partial charge in [-0.3, -0.25) is 4.79 Å². The zero-order valence-electron chi connectivity index (χ0n) is 10.7. The van der Waals surface area contributed by atoms with E-state index in [1.165, 1.54) is 12.1 Å². The van der Waals surface area contributed by atoms with Crippen molar-refractivity contribution in [1.29, 1.82) is 0 Å². The molecule has 1 N–H and O–H groups in total. The fraction of sp³-hybridized carbons (Fsp3) is 0.231. The van der Waals surface area contributed by atoms with Crippen LogP contribution in [0.3, 0.4) is 0 Å². The minimum Gasteiger partial charge on any atom is -0.352 e. The summed E-state index contributed by atoms with van der Waals surface area (Å²) >= 11 is 0. The quantitative estimate of drug-likeness (QED) is 0.882. The van der Waals surface area contributed by atoms with Gasteiger partial charge in [-0.15, -0.1) is 13.2 Å². The maximum atomic E-state index is 12.9. The molecule has 1 amide bonds. The molecule has 4 nitrogen and oxygen atoms in total. The van der Waals surface area contributed by atoms with Crippen LogP contribution in [0.5, 0.6) is 0 Å². The fourth-order valence-corrected chi connectivity index (χ4v) is 1.69. The first-order valence-electron chi connectivity index (χ1n) is 6.01. The van der Waals surface area contributed by atoms with Gasteiger partial charge in [0, 0.05) is 12.7 Å². The molecule has 0 saturated heterocycles. The summed E-state index contributed by atoms with van der Waals surface area (Å²) in [6.07, 6.45) is -2.83. The Hall–Kier alpha value is -2.38. The number of benzene rings is 1. The van der Waals surface area contributed by atoms with Gasteiger partial charge in [-0.25, -0.2) is 4.39 Å². The number of carbonyl (C=O) groups is 1. The van der Waals surface area contributed by atoms with Crippen molar-refractivity contribution in [2.75, 3.05) is 6.54 Å². The topological polar surface area (TPSA) is 46.9 Å². The second kappa shape index (κ2) is 5.94. The highest BCUT2D eigenvalue weighted by atomic mass is 19.4. The molecule has 0 saturated carbocycles. The van der Waals surface area contributed by atoms with Crippen molar-refractivity contribution in [2.45, 2.75) is 12.7 Å². The Balaban J connectivity index is 1.89. The second-order valence-corrected chi connectivity index (χ2v) is 4.28. The summed E-state index contributed by atoms with van der Waals surface area (Å²) in [7, 11) is 0. The maximum Gasteiger partial charge on any atom is 0.504 e. The van der Waals surface area contributed by atoms with E-state index >= 15 is 0 Å². The molecular formula is C13H11F4N3O. The van der Waals surface area contributed by atoms with Crippen LogP contribution in [0.1, 0.15) is 15.9 Å². The Kier molecular flexibility index (Phi) is 4.25. The molecule has 1 heterocycles. The van der Waals surface area contributed by atoms with Crippen molar-refractivity contribution < 1.29 is 22.4 Å². The molecule has 1 aromatic carbocycles. The normalized spacial score (nSPS) is 11.4. The Morgan fingerprint density at radius 2 is 2.10 bits per heavy atom. The first kappa shape index (κ1) is 15.0. The Morgan fingerprint density at radius 1 is 1.33 bits per heavy atom. The number of nitrogens with zero attached hydrogens (tertiary/aromatic N) is 2. The smallest absolute Gasteiger partial charge is 0.352 e. The van der Waals surface area contributed by atoms with Crippen molar-refractivity contribution in [2.24, 2.45) is 0 Å². The number of hydrogen-bond donors (Lipinski definition) is 1. The fourth-order valence-electron chi connectivity index (χ4n) is 1.69. The van der Waals surface area contributed by atoms with E-state index < -0.39 is 12.2 Å². The largest absolute Gasteiger partial charge is 0.504 e. The summed E-state index contributed by atoms with van der Waals surface area (Å²) in [6.45, 7) is 0.180. The summed E-state index contributed by atoms with van der Waals surface area (Å²) in [6, 6.07) is 5.86. The lowest BCUT2D eigenvalue weighted by Gasteiger charge is -2.05. The molecule has 0 bridgehead atoms. The number of nitrogens with one attached hydrogen (secondary N) is 1. The number of aromatic nitrogens is 2. The van der Waals surface area contributed by atoms with Crippen molar-refractivity contribution in [3.05, 3.63) is 53.6 Å². The molecule has 2 aromatic rings. The number of carbonyl (C=O) groups excluding carboxylic acids is 1. The van der Waals surface area contributed by atoms with Crippen LogP contribution in [-0.2, 0) is 12.7 Å². The molecule has 0 aliphatic heterocycles. The number of rotatable bonds is 4. The summed E-state index contributed by atoms with van der Waals surface area (Å²) < 4.78 is 49.6. The van der Waals surface area contributed by atoms with E-state index in [9.17, 15) is 22.4 Å². The van der Waals surface area contributed by atoms with Crippen LogP contribution in [-0.4, -0.2) is 22.2 Å². The third-order valence-electron chi connectivity index (χ3n) is 2.69. The van der Waals surface area contributed by atoms with Gasteiger partial charge in [-0.1, -0.05) is 12.1 Å². The lowest BCUT2D eigenvalue weighted by Crippen LogP contribution is -2.25. The van der Waals surface area contributed by atoms with Crippen molar-refractivity contribution in [1.82, 2.24) is 15.1 Å². The highest BCUT2D eigenvalue weighted by Gasteiger charge is 2.32. The van der Waals surface area contributed by atoms with E-state index in [0.29, 0.717) is 18.2 Å². The molecule has 0 atom stereocenters. The lowest BCUT2D eigenvalue weighted by atomic mass is 10.1. The van der Waals surface area contributed by atoms with Crippen molar-refractivity contribution in [3.63, 3.8) is 0 Å². The number of hydrogen-bond acceptors (Lipinski definition) is 2. The molecule has 112 valence electrons. The van der Waals surface area contributed by atoms with Gasteiger partial charge in [0.05, 0.1) is 11.8 Å². The Bertz CT molecular complexity index is 636. The first-order valence-corrected chi connectivity index (χ1v) is 6.01. The predicted octanol–water partition coefficient (Wildman–Crippen LogP) is 2.47. The van der Waals surface area contributed by atoms with Crippen LogP contribution in [0.4, 0.5) is 17.6 Å². The summed E-state index contributed by atoms with van der Waals surface area (Å²) in [5.74, 6) is -1.05. The summed E-state index contributed by atoms with van der Waals surface area (Å²) in [5.41, 5.74) is 0.493. The minimum atomic E-state index is -4.65. The molecule has 0 spiro atoms. The van der Waals surface area contributed by atoms with Crippen LogP contribution in [0.15, 0.2) is 36.7 Å². The van der Waals surface area contributed by atoms with Crippen LogP contribution >= 0.6 is 0 Å². The molecule has 0 fully saturated rings. The van der Waals surface area contributed by atoms with Crippen molar-refractivity contribution >= 4 is 5.91 Å². The molecule has 0 aliphatic carbocycles. The van der Waals surface area contributed by atoms with Gasteiger partial charge in [0.2, 0.25) is 0 Å². The minimum absolute atomic E-state index is 0.180. The van der Waals surface area contributed by atoms with Gasteiger partial charge < -0.3 is 5.32 Å². The molecule has 21 heavy (non-hydrogen) atoms. The van der Waals surface area contributed by atoms with Crippen LogP contribution < -0.4 is 5.32 Å². The average Bonchev–Trinajstić information content (AvgIpc) is 2.88. The molecule has 2 rings (SSSR count). The monoisotopic (exact) mass is 301 g/mol. The van der Waals surface area contributed by atoms with Crippen LogP contribution in [0.25, 0.3) is 0 Å². The van der Waals surface area contributed by atoms with Gasteiger partial charge in [0.15, 0.2) is 0 Å². The Labute approximate surface area is 117 Å².